The second kappa shape index (κ2) is 7.01. The molecule has 2 N–H and O–H groups in total. The average molecular weight is 399 g/mol. The first kappa shape index (κ1) is 18.6. The van der Waals surface area contributed by atoms with Gasteiger partial charge in [-0.1, -0.05) is 0 Å². The maximum Gasteiger partial charge on any atom is 0.414 e. The molecule has 0 bridgehead atoms. The molecule has 146 valence electrons. The lowest BCUT2D eigenvalue weighted by atomic mass is 9.82. The lowest BCUT2D eigenvalue weighted by Gasteiger charge is -2.32. The van der Waals surface area contributed by atoms with Crippen LogP contribution in [0.2, 0.25) is 0 Å². The predicted octanol–water partition coefficient (Wildman–Crippen LogP) is 3.78. The van der Waals surface area contributed by atoms with E-state index in [-0.39, 0.29) is 24.8 Å². The number of carbonyl (C=O) groups excluding carboxylic acids is 1. The number of nitrogens with one attached hydrogen (secondary N) is 1. The Morgan fingerprint density at radius 2 is 1.93 bits per heavy atom. The van der Waals surface area contributed by atoms with Gasteiger partial charge in [0.2, 0.25) is 0 Å². The summed E-state index contributed by atoms with van der Waals surface area (Å²) in [6.07, 6.45) is -1.75. The number of fused-ring (bicyclic) bond motifs is 1. The zero-order valence-electron chi connectivity index (χ0n) is 14.5. The zero-order chi connectivity index (χ0) is 19.2. The molecule has 1 amide bonds. The molecule has 0 spiro atoms. The number of halogens is 3. The van der Waals surface area contributed by atoms with Gasteiger partial charge in [-0.25, -0.2) is 9.97 Å². The molecule has 2 aliphatic rings. The molecular weight excluding hydrogens is 379 g/mol. The molecule has 0 aliphatic heterocycles. The summed E-state index contributed by atoms with van der Waals surface area (Å²) in [6, 6.07) is 1.59. The zero-order valence-corrected chi connectivity index (χ0v) is 15.3. The molecule has 0 radical (unpaired) electrons. The van der Waals surface area contributed by atoms with E-state index in [1.165, 1.54) is 6.20 Å². The molecule has 27 heavy (non-hydrogen) atoms. The molecule has 2 aliphatic carbocycles. The van der Waals surface area contributed by atoms with Crippen molar-refractivity contribution in [3.05, 3.63) is 22.8 Å². The summed E-state index contributed by atoms with van der Waals surface area (Å²) in [5.41, 5.74) is 1.09. The van der Waals surface area contributed by atoms with E-state index in [9.17, 15) is 23.1 Å². The summed E-state index contributed by atoms with van der Waals surface area (Å²) in [6.45, 7) is 0. The Labute approximate surface area is 158 Å². The lowest BCUT2D eigenvalue weighted by Crippen LogP contribution is -2.42. The maximum atomic E-state index is 12.6. The fraction of sp³-hybridized carbons (Fsp3) is 0.611. The van der Waals surface area contributed by atoms with Gasteiger partial charge in [-0.3, -0.25) is 4.79 Å². The average Bonchev–Trinajstić information content (AvgIpc) is 3.39. The number of aliphatic hydroxyl groups excluding tert-OH is 1. The molecule has 2 aromatic rings. The highest BCUT2D eigenvalue weighted by atomic mass is 32.1. The first-order valence-corrected chi connectivity index (χ1v) is 9.95. The van der Waals surface area contributed by atoms with Crippen molar-refractivity contribution in [3.8, 4) is 0 Å². The number of rotatable bonds is 4. The molecule has 1 atom stereocenters. The number of nitrogens with zero attached hydrogens (tertiary/aromatic N) is 2. The third-order valence-electron chi connectivity index (χ3n) is 5.34. The number of carbonyl (C=O) groups is 1. The Hall–Kier alpha value is -1.74. The standard InChI is InChI=1S/C18H20F3N3O2S/c19-18(20,21)14(25)9-3-5-12(6-4-9)23-16(26)11-7-13-15(22-8-11)24-17(27-13)10-1-2-10/h7-10,12,14,25H,1-6H2,(H,23,26)/t9-,12-,14?. The molecule has 2 saturated carbocycles. The minimum Gasteiger partial charge on any atom is -0.383 e. The Balaban J connectivity index is 1.36. The summed E-state index contributed by atoms with van der Waals surface area (Å²) in [5, 5.41) is 13.3. The van der Waals surface area contributed by atoms with Crippen molar-refractivity contribution in [1.82, 2.24) is 15.3 Å². The van der Waals surface area contributed by atoms with E-state index < -0.39 is 18.2 Å². The monoisotopic (exact) mass is 399 g/mol. The van der Waals surface area contributed by atoms with Gasteiger partial charge in [0, 0.05) is 18.2 Å². The molecule has 9 heteroatoms. The van der Waals surface area contributed by atoms with Gasteiger partial charge >= 0.3 is 6.18 Å². The van der Waals surface area contributed by atoms with Gasteiger partial charge < -0.3 is 10.4 Å². The number of aliphatic hydroxyl groups is 1. The van der Waals surface area contributed by atoms with E-state index >= 15 is 0 Å². The van der Waals surface area contributed by atoms with Crippen molar-refractivity contribution in [2.75, 3.05) is 0 Å². The van der Waals surface area contributed by atoms with Crippen LogP contribution < -0.4 is 5.32 Å². The van der Waals surface area contributed by atoms with Crippen LogP contribution >= 0.6 is 11.3 Å². The number of amides is 1. The number of alkyl halides is 3. The number of aromatic nitrogens is 2. The van der Waals surface area contributed by atoms with E-state index in [1.807, 2.05) is 0 Å². The summed E-state index contributed by atoms with van der Waals surface area (Å²) in [5.74, 6) is -0.538. The minimum atomic E-state index is -4.59. The van der Waals surface area contributed by atoms with Gasteiger partial charge in [0.15, 0.2) is 11.8 Å². The molecule has 0 saturated heterocycles. The third-order valence-corrected chi connectivity index (χ3v) is 6.50. The van der Waals surface area contributed by atoms with Crippen LogP contribution in [-0.2, 0) is 0 Å². The first-order chi connectivity index (χ1) is 12.8. The van der Waals surface area contributed by atoms with Crippen LogP contribution in [0.3, 0.4) is 0 Å². The van der Waals surface area contributed by atoms with Gasteiger partial charge in [-0.2, -0.15) is 13.2 Å². The maximum absolute atomic E-state index is 12.6. The van der Waals surface area contributed by atoms with Crippen LogP contribution in [0.25, 0.3) is 10.3 Å². The van der Waals surface area contributed by atoms with E-state index in [0.717, 1.165) is 22.5 Å². The topological polar surface area (TPSA) is 75.1 Å². The van der Waals surface area contributed by atoms with Crippen LogP contribution in [-0.4, -0.2) is 39.3 Å². The van der Waals surface area contributed by atoms with Gasteiger partial charge in [0.25, 0.3) is 5.91 Å². The minimum absolute atomic E-state index is 0.187. The van der Waals surface area contributed by atoms with Crippen molar-refractivity contribution in [3.63, 3.8) is 0 Å². The highest BCUT2D eigenvalue weighted by Crippen LogP contribution is 2.43. The van der Waals surface area contributed by atoms with Crippen molar-refractivity contribution < 1.29 is 23.1 Å². The smallest absolute Gasteiger partial charge is 0.383 e. The Kier molecular flexibility index (Phi) is 4.84. The highest BCUT2D eigenvalue weighted by Gasteiger charge is 2.44. The highest BCUT2D eigenvalue weighted by molar-refractivity contribution is 7.18. The molecule has 5 nitrogen and oxygen atoms in total. The normalized spacial score (nSPS) is 24.7. The first-order valence-electron chi connectivity index (χ1n) is 9.13. The van der Waals surface area contributed by atoms with Crippen LogP contribution in [0.15, 0.2) is 12.3 Å². The third kappa shape index (κ3) is 4.08. The van der Waals surface area contributed by atoms with Gasteiger partial charge in [0.1, 0.15) is 0 Å². The van der Waals surface area contributed by atoms with E-state index in [1.54, 1.807) is 17.4 Å². The van der Waals surface area contributed by atoms with Crippen LogP contribution in [0.5, 0.6) is 0 Å². The van der Waals surface area contributed by atoms with E-state index in [0.29, 0.717) is 30.0 Å². The summed E-state index contributed by atoms with van der Waals surface area (Å²) < 4.78 is 38.7. The van der Waals surface area contributed by atoms with Crippen LogP contribution in [0.1, 0.15) is 59.8 Å². The van der Waals surface area contributed by atoms with Crippen LogP contribution in [0.4, 0.5) is 13.2 Å². The predicted molar refractivity (Wildman–Crippen MR) is 94.7 cm³/mol. The van der Waals surface area contributed by atoms with Gasteiger partial charge in [0.05, 0.1) is 15.3 Å². The SMILES string of the molecule is O=C(N[C@H]1CC[C@H](C(O)C(F)(F)F)CC1)c1cnc2nc(C3CC3)sc2c1. The Morgan fingerprint density at radius 1 is 1.22 bits per heavy atom. The molecule has 2 aromatic heterocycles. The summed E-state index contributed by atoms with van der Waals surface area (Å²) >= 11 is 1.56. The fourth-order valence-electron chi connectivity index (χ4n) is 3.58. The number of hydrogen-bond acceptors (Lipinski definition) is 5. The second-order valence-corrected chi connectivity index (χ2v) is 8.51. The summed E-state index contributed by atoms with van der Waals surface area (Å²) in [4.78, 5) is 21.3. The largest absolute Gasteiger partial charge is 0.414 e. The van der Waals surface area contributed by atoms with Crippen molar-refractivity contribution in [2.45, 2.75) is 62.8 Å². The Morgan fingerprint density at radius 3 is 2.56 bits per heavy atom. The molecule has 0 aromatic carbocycles. The van der Waals surface area contributed by atoms with E-state index in [2.05, 4.69) is 15.3 Å². The lowest BCUT2D eigenvalue weighted by molar-refractivity contribution is -0.222. The molecule has 1 unspecified atom stereocenters. The van der Waals surface area contributed by atoms with E-state index in [4.69, 9.17) is 0 Å². The number of pyridine rings is 1. The molecule has 2 fully saturated rings. The summed E-state index contributed by atoms with van der Waals surface area (Å²) in [7, 11) is 0. The van der Waals surface area contributed by atoms with Crippen molar-refractivity contribution in [2.24, 2.45) is 5.92 Å². The second-order valence-electron chi connectivity index (χ2n) is 7.44. The number of hydrogen-bond donors (Lipinski definition) is 2. The van der Waals surface area contributed by atoms with Crippen molar-refractivity contribution >= 4 is 27.6 Å². The molecule has 4 rings (SSSR count). The van der Waals surface area contributed by atoms with Gasteiger partial charge in [-0.15, -0.1) is 11.3 Å². The molecular formula is C18H20F3N3O2S. The number of thiazole rings is 1. The fourth-order valence-corrected chi connectivity index (χ4v) is 4.72. The quantitative estimate of drug-likeness (QED) is 0.821. The van der Waals surface area contributed by atoms with Gasteiger partial charge in [-0.05, 0) is 50.5 Å². The van der Waals surface area contributed by atoms with Crippen molar-refractivity contribution in [1.29, 1.82) is 0 Å². The van der Waals surface area contributed by atoms with Crippen LogP contribution in [0, 0.1) is 5.92 Å². The molecule has 2 heterocycles. The Bertz CT molecular complexity index is 842.